The van der Waals surface area contributed by atoms with Crippen molar-refractivity contribution < 1.29 is 13.2 Å². The van der Waals surface area contributed by atoms with Crippen LogP contribution in [0.1, 0.15) is 38.2 Å². The SMILES string of the molecule is CCN(CC)CCCCNc1nc(C(F)(F)F)nc2[nH]c(C)cc12. The minimum absolute atomic E-state index is 0.209. The predicted octanol–water partition coefficient (Wildman–Crippen LogP) is 3.82. The van der Waals surface area contributed by atoms with Crippen molar-refractivity contribution in [3.05, 3.63) is 17.6 Å². The van der Waals surface area contributed by atoms with Gasteiger partial charge >= 0.3 is 6.18 Å². The van der Waals surface area contributed by atoms with Crippen molar-refractivity contribution in [1.29, 1.82) is 0 Å². The number of rotatable bonds is 8. The molecule has 2 aromatic rings. The maximum absolute atomic E-state index is 12.9. The molecule has 0 saturated carbocycles. The Morgan fingerprint density at radius 2 is 1.88 bits per heavy atom. The van der Waals surface area contributed by atoms with Crippen LogP contribution in [-0.4, -0.2) is 46.0 Å². The molecule has 0 amide bonds. The number of anilines is 1. The van der Waals surface area contributed by atoms with E-state index in [2.05, 4.69) is 39.0 Å². The number of H-pyrrole nitrogens is 1. The zero-order valence-electron chi connectivity index (χ0n) is 14.3. The summed E-state index contributed by atoms with van der Waals surface area (Å²) >= 11 is 0. The molecule has 5 nitrogen and oxygen atoms in total. The lowest BCUT2D eigenvalue weighted by molar-refractivity contribution is -0.144. The lowest BCUT2D eigenvalue weighted by atomic mass is 10.2. The lowest BCUT2D eigenvalue weighted by Crippen LogP contribution is -2.24. The monoisotopic (exact) mass is 343 g/mol. The minimum atomic E-state index is -4.56. The first kappa shape index (κ1) is 18.5. The summed E-state index contributed by atoms with van der Waals surface area (Å²) in [7, 11) is 0. The second-order valence-corrected chi connectivity index (χ2v) is 5.77. The molecule has 8 heteroatoms. The van der Waals surface area contributed by atoms with Crippen molar-refractivity contribution in [3.8, 4) is 0 Å². The minimum Gasteiger partial charge on any atom is -0.369 e. The van der Waals surface area contributed by atoms with Crippen molar-refractivity contribution in [3.63, 3.8) is 0 Å². The van der Waals surface area contributed by atoms with Gasteiger partial charge in [-0.3, -0.25) is 0 Å². The molecule has 2 aromatic heterocycles. The Morgan fingerprint density at radius 3 is 2.50 bits per heavy atom. The van der Waals surface area contributed by atoms with E-state index < -0.39 is 12.0 Å². The summed E-state index contributed by atoms with van der Waals surface area (Å²) in [5, 5.41) is 3.62. The Morgan fingerprint density at radius 1 is 1.17 bits per heavy atom. The topological polar surface area (TPSA) is 56.8 Å². The number of aromatic amines is 1. The molecule has 0 aromatic carbocycles. The van der Waals surface area contributed by atoms with Crippen LogP contribution in [0.5, 0.6) is 0 Å². The van der Waals surface area contributed by atoms with Crippen LogP contribution in [0, 0.1) is 6.92 Å². The molecule has 134 valence electrons. The molecule has 2 N–H and O–H groups in total. The van der Waals surface area contributed by atoms with Crippen LogP contribution in [0.3, 0.4) is 0 Å². The van der Waals surface area contributed by atoms with E-state index in [4.69, 9.17) is 0 Å². The third-order valence-electron chi connectivity index (χ3n) is 3.96. The Kier molecular flexibility index (Phi) is 6.04. The number of fused-ring (bicyclic) bond motifs is 1. The molecule has 0 aliphatic rings. The Labute approximate surface area is 139 Å². The molecule has 0 aliphatic carbocycles. The molecule has 0 fully saturated rings. The Hall–Kier alpha value is -1.83. The second-order valence-electron chi connectivity index (χ2n) is 5.77. The average Bonchev–Trinajstić information content (AvgIpc) is 2.90. The van der Waals surface area contributed by atoms with E-state index in [0.717, 1.165) is 38.2 Å². The molecule has 0 unspecified atom stereocenters. The Balaban J connectivity index is 2.05. The third-order valence-corrected chi connectivity index (χ3v) is 3.96. The first-order chi connectivity index (χ1) is 11.3. The van der Waals surface area contributed by atoms with Gasteiger partial charge in [0.05, 0.1) is 5.39 Å². The molecule has 2 rings (SSSR count). The summed E-state index contributed by atoms with van der Waals surface area (Å²) in [5.74, 6) is -0.887. The van der Waals surface area contributed by atoms with E-state index in [-0.39, 0.29) is 11.5 Å². The van der Waals surface area contributed by atoms with E-state index in [1.54, 1.807) is 13.0 Å². The molecular weight excluding hydrogens is 319 g/mol. The van der Waals surface area contributed by atoms with Gasteiger partial charge in [0.2, 0.25) is 5.82 Å². The van der Waals surface area contributed by atoms with Crippen LogP contribution in [0.2, 0.25) is 0 Å². The number of nitrogens with zero attached hydrogens (tertiary/aromatic N) is 3. The van der Waals surface area contributed by atoms with Crippen LogP contribution < -0.4 is 5.32 Å². The molecule has 0 aliphatic heterocycles. The number of alkyl halides is 3. The summed E-state index contributed by atoms with van der Waals surface area (Å²) in [5.41, 5.74) is 0.962. The average molecular weight is 343 g/mol. The molecule has 0 bridgehead atoms. The predicted molar refractivity (Wildman–Crippen MR) is 89.1 cm³/mol. The fourth-order valence-electron chi connectivity index (χ4n) is 2.61. The second kappa shape index (κ2) is 7.83. The van der Waals surface area contributed by atoms with E-state index in [1.807, 2.05) is 0 Å². The van der Waals surface area contributed by atoms with Gasteiger partial charge in [0.25, 0.3) is 0 Å². The number of hydrogen-bond donors (Lipinski definition) is 2. The van der Waals surface area contributed by atoms with Crippen molar-refractivity contribution in [1.82, 2.24) is 19.9 Å². The first-order valence-corrected chi connectivity index (χ1v) is 8.26. The van der Waals surface area contributed by atoms with Crippen LogP contribution >= 0.6 is 0 Å². The van der Waals surface area contributed by atoms with Crippen LogP contribution in [0.4, 0.5) is 19.0 Å². The highest BCUT2D eigenvalue weighted by molar-refractivity contribution is 5.87. The molecule has 0 saturated heterocycles. The van der Waals surface area contributed by atoms with Crippen LogP contribution in [0.25, 0.3) is 11.0 Å². The number of aromatic nitrogens is 3. The smallest absolute Gasteiger partial charge is 0.369 e. The van der Waals surface area contributed by atoms with E-state index in [1.165, 1.54) is 0 Å². The van der Waals surface area contributed by atoms with Gasteiger partial charge in [-0.15, -0.1) is 0 Å². The van der Waals surface area contributed by atoms with Gasteiger partial charge in [-0.2, -0.15) is 13.2 Å². The zero-order valence-corrected chi connectivity index (χ0v) is 14.3. The molecule has 0 spiro atoms. The molecular formula is C16H24F3N5. The lowest BCUT2D eigenvalue weighted by Gasteiger charge is -2.17. The van der Waals surface area contributed by atoms with Crippen molar-refractivity contribution in [2.75, 3.05) is 31.5 Å². The number of hydrogen-bond acceptors (Lipinski definition) is 4. The summed E-state index contributed by atoms with van der Waals surface area (Å²) < 4.78 is 38.8. The van der Waals surface area contributed by atoms with Gasteiger partial charge in [-0.25, -0.2) is 9.97 Å². The number of aryl methyl sites for hydroxylation is 1. The quantitative estimate of drug-likeness (QED) is 0.716. The van der Waals surface area contributed by atoms with Crippen molar-refractivity contribution in [2.45, 2.75) is 39.8 Å². The maximum atomic E-state index is 12.9. The van der Waals surface area contributed by atoms with E-state index in [0.29, 0.717) is 11.9 Å². The standard InChI is InChI=1S/C16H24F3N5/c1-4-24(5-2)9-7-6-8-20-13-12-10-11(3)21-14(12)23-15(22-13)16(17,18)19/h10H,4-9H2,1-3H3,(H2,20,21,22,23). The number of unbranched alkanes of at least 4 members (excludes halogenated alkanes) is 1. The summed E-state index contributed by atoms with van der Waals surface area (Å²) in [6.07, 6.45) is -2.71. The van der Waals surface area contributed by atoms with Crippen molar-refractivity contribution >= 4 is 16.9 Å². The van der Waals surface area contributed by atoms with Gasteiger partial charge in [-0.05, 0) is 45.5 Å². The van der Waals surface area contributed by atoms with E-state index in [9.17, 15) is 13.2 Å². The van der Waals surface area contributed by atoms with Gasteiger partial charge in [0.15, 0.2) is 0 Å². The summed E-state index contributed by atoms with van der Waals surface area (Å²) in [4.78, 5) is 12.4. The normalized spacial score (nSPS) is 12.3. The Bertz CT molecular complexity index is 662. The van der Waals surface area contributed by atoms with Gasteiger partial charge in [-0.1, -0.05) is 13.8 Å². The third kappa shape index (κ3) is 4.59. The molecule has 2 heterocycles. The molecule has 0 radical (unpaired) electrons. The van der Waals surface area contributed by atoms with Gasteiger partial charge < -0.3 is 15.2 Å². The fourth-order valence-corrected chi connectivity index (χ4v) is 2.61. The fraction of sp³-hybridized carbons (Fsp3) is 0.625. The van der Waals surface area contributed by atoms with Crippen molar-refractivity contribution in [2.24, 2.45) is 0 Å². The number of halogens is 3. The highest BCUT2D eigenvalue weighted by atomic mass is 19.4. The largest absolute Gasteiger partial charge is 0.451 e. The zero-order chi connectivity index (χ0) is 17.7. The summed E-state index contributed by atoms with van der Waals surface area (Å²) in [6.45, 7) is 9.60. The molecule has 0 atom stereocenters. The highest BCUT2D eigenvalue weighted by Crippen LogP contribution is 2.30. The first-order valence-electron chi connectivity index (χ1n) is 8.26. The van der Waals surface area contributed by atoms with Crippen LogP contribution in [0.15, 0.2) is 6.07 Å². The van der Waals surface area contributed by atoms with Crippen LogP contribution in [-0.2, 0) is 6.18 Å². The highest BCUT2D eigenvalue weighted by Gasteiger charge is 2.35. The summed E-state index contributed by atoms with van der Waals surface area (Å²) in [6, 6.07) is 1.76. The number of nitrogens with one attached hydrogen (secondary N) is 2. The molecule has 24 heavy (non-hydrogen) atoms. The maximum Gasteiger partial charge on any atom is 0.451 e. The van der Waals surface area contributed by atoms with Gasteiger partial charge in [0, 0.05) is 12.2 Å². The van der Waals surface area contributed by atoms with E-state index >= 15 is 0 Å². The van der Waals surface area contributed by atoms with Gasteiger partial charge in [0.1, 0.15) is 11.5 Å².